The van der Waals surface area contributed by atoms with Crippen LogP contribution in [0.3, 0.4) is 0 Å². The molecule has 0 amide bonds. The molecular formula is C6H9N3O. The summed E-state index contributed by atoms with van der Waals surface area (Å²) < 4.78 is 1.52. The largest absolute Gasteiger partial charge is 0.298 e. The zero-order chi connectivity index (χ0) is 7.40. The summed E-state index contributed by atoms with van der Waals surface area (Å²) in [6.45, 7) is 2.18. The number of carbonyl (C=O) groups excluding carboxylic acids is 1. The Hall–Kier alpha value is -1.19. The minimum Gasteiger partial charge on any atom is -0.298 e. The van der Waals surface area contributed by atoms with E-state index >= 15 is 0 Å². The third kappa shape index (κ3) is 1.65. The minimum absolute atomic E-state index is 0.172. The second-order valence-electron chi connectivity index (χ2n) is 1.99. The topological polar surface area (TPSA) is 47.8 Å². The molecule has 0 aliphatic rings. The molecule has 0 aliphatic heterocycles. The smallest absolute Gasteiger partial charge is 0.154 e. The Labute approximate surface area is 58.9 Å². The Morgan fingerprint density at radius 1 is 1.70 bits per heavy atom. The van der Waals surface area contributed by atoms with Crippen molar-refractivity contribution in [3.8, 4) is 0 Å². The van der Waals surface area contributed by atoms with Crippen molar-refractivity contribution >= 4 is 5.78 Å². The van der Waals surface area contributed by atoms with Gasteiger partial charge in [0.25, 0.3) is 0 Å². The van der Waals surface area contributed by atoms with Crippen molar-refractivity contribution in [2.24, 2.45) is 0 Å². The van der Waals surface area contributed by atoms with Crippen LogP contribution in [-0.2, 0) is 11.3 Å². The van der Waals surface area contributed by atoms with Crippen molar-refractivity contribution in [3.05, 3.63) is 12.7 Å². The van der Waals surface area contributed by atoms with Gasteiger partial charge in [0, 0.05) is 6.42 Å². The summed E-state index contributed by atoms with van der Waals surface area (Å²) in [6, 6.07) is 0. The number of hydrogen-bond acceptors (Lipinski definition) is 3. The van der Waals surface area contributed by atoms with E-state index in [9.17, 15) is 4.79 Å². The van der Waals surface area contributed by atoms with E-state index in [1.807, 2.05) is 6.92 Å². The molecule has 0 spiro atoms. The molecule has 1 heterocycles. The fourth-order valence-corrected chi connectivity index (χ4v) is 0.607. The molecule has 1 aromatic heterocycles. The van der Waals surface area contributed by atoms with E-state index in [2.05, 4.69) is 10.1 Å². The number of aromatic nitrogens is 3. The van der Waals surface area contributed by atoms with Gasteiger partial charge < -0.3 is 0 Å². The summed E-state index contributed by atoms with van der Waals surface area (Å²) in [5.41, 5.74) is 0. The van der Waals surface area contributed by atoms with Gasteiger partial charge in [0.1, 0.15) is 19.2 Å². The van der Waals surface area contributed by atoms with E-state index in [4.69, 9.17) is 0 Å². The monoisotopic (exact) mass is 139 g/mol. The van der Waals surface area contributed by atoms with Gasteiger partial charge >= 0.3 is 0 Å². The summed E-state index contributed by atoms with van der Waals surface area (Å²) in [4.78, 5) is 14.5. The highest BCUT2D eigenvalue weighted by Crippen LogP contribution is 1.85. The van der Waals surface area contributed by atoms with Crippen LogP contribution < -0.4 is 0 Å². The van der Waals surface area contributed by atoms with Crippen molar-refractivity contribution in [2.75, 3.05) is 0 Å². The summed E-state index contributed by atoms with van der Waals surface area (Å²) in [7, 11) is 0. The lowest BCUT2D eigenvalue weighted by atomic mass is 10.3. The molecule has 4 nitrogen and oxygen atoms in total. The molecule has 4 heteroatoms. The molecule has 0 atom stereocenters. The molecule has 1 aromatic rings. The van der Waals surface area contributed by atoms with E-state index < -0.39 is 0 Å². The Balaban J connectivity index is 2.48. The Morgan fingerprint density at radius 3 is 3.00 bits per heavy atom. The molecule has 0 aliphatic carbocycles. The first-order valence-electron chi connectivity index (χ1n) is 3.17. The number of ketones is 1. The van der Waals surface area contributed by atoms with Crippen LogP contribution in [0.25, 0.3) is 0 Å². The first-order chi connectivity index (χ1) is 4.83. The highest BCUT2D eigenvalue weighted by atomic mass is 16.1. The average Bonchev–Trinajstić information content (AvgIpc) is 2.40. The first-order valence-corrected chi connectivity index (χ1v) is 3.17. The van der Waals surface area contributed by atoms with Gasteiger partial charge in [-0.05, 0) is 0 Å². The van der Waals surface area contributed by atoms with Gasteiger partial charge in [-0.2, -0.15) is 5.10 Å². The molecule has 0 saturated carbocycles. The maximum Gasteiger partial charge on any atom is 0.154 e. The minimum atomic E-state index is 0.172. The van der Waals surface area contributed by atoms with E-state index in [-0.39, 0.29) is 5.78 Å². The second kappa shape index (κ2) is 3.10. The molecule has 0 bridgehead atoms. The SMILES string of the molecule is CCC(=O)Cn1cncn1. The first kappa shape index (κ1) is 6.92. The normalized spacial score (nSPS) is 9.70. The zero-order valence-electron chi connectivity index (χ0n) is 5.82. The standard InChI is InChI=1S/C6H9N3O/c1-2-6(10)3-9-5-7-4-8-9/h4-5H,2-3H2,1H3. The van der Waals surface area contributed by atoms with Gasteiger partial charge in [0.2, 0.25) is 0 Å². The van der Waals surface area contributed by atoms with Crippen LogP contribution in [0.4, 0.5) is 0 Å². The highest BCUT2D eigenvalue weighted by Gasteiger charge is 1.98. The number of carbonyl (C=O) groups is 1. The molecule has 0 radical (unpaired) electrons. The Kier molecular flexibility index (Phi) is 2.15. The van der Waals surface area contributed by atoms with Crippen LogP contribution >= 0.6 is 0 Å². The van der Waals surface area contributed by atoms with Gasteiger partial charge in [-0.3, -0.25) is 4.79 Å². The van der Waals surface area contributed by atoms with Crippen LogP contribution in [0.1, 0.15) is 13.3 Å². The maximum atomic E-state index is 10.8. The van der Waals surface area contributed by atoms with Crippen LogP contribution in [0.15, 0.2) is 12.7 Å². The maximum absolute atomic E-state index is 10.8. The third-order valence-electron chi connectivity index (χ3n) is 1.20. The van der Waals surface area contributed by atoms with Crippen LogP contribution in [0.5, 0.6) is 0 Å². The Bertz CT molecular complexity index is 205. The molecule has 0 aromatic carbocycles. The highest BCUT2D eigenvalue weighted by molar-refractivity contribution is 5.77. The number of nitrogens with zero attached hydrogens (tertiary/aromatic N) is 3. The third-order valence-corrected chi connectivity index (χ3v) is 1.20. The fourth-order valence-electron chi connectivity index (χ4n) is 0.607. The van der Waals surface area contributed by atoms with Crippen LogP contribution in [-0.4, -0.2) is 20.5 Å². The second-order valence-corrected chi connectivity index (χ2v) is 1.99. The van der Waals surface area contributed by atoms with Crippen molar-refractivity contribution in [1.29, 1.82) is 0 Å². The van der Waals surface area contributed by atoms with Gasteiger partial charge in [0.15, 0.2) is 5.78 Å². The van der Waals surface area contributed by atoms with E-state index in [0.29, 0.717) is 13.0 Å². The number of Topliss-reactive ketones (excluding diaryl/α,β-unsaturated/α-hetero) is 1. The Morgan fingerprint density at radius 2 is 2.50 bits per heavy atom. The lowest BCUT2D eigenvalue weighted by Gasteiger charge is -1.94. The zero-order valence-corrected chi connectivity index (χ0v) is 5.82. The molecule has 0 saturated heterocycles. The number of hydrogen-bond donors (Lipinski definition) is 0. The summed E-state index contributed by atoms with van der Waals surface area (Å²) in [6.07, 6.45) is 3.51. The average molecular weight is 139 g/mol. The van der Waals surface area contributed by atoms with E-state index in [1.165, 1.54) is 17.3 Å². The molecule has 0 N–H and O–H groups in total. The molecule has 0 unspecified atom stereocenters. The van der Waals surface area contributed by atoms with Crippen molar-refractivity contribution in [1.82, 2.24) is 14.8 Å². The van der Waals surface area contributed by atoms with E-state index in [1.54, 1.807) is 0 Å². The summed E-state index contributed by atoms with van der Waals surface area (Å²) >= 11 is 0. The predicted molar refractivity (Wildman–Crippen MR) is 35.3 cm³/mol. The van der Waals surface area contributed by atoms with Crippen LogP contribution in [0, 0.1) is 0 Å². The van der Waals surface area contributed by atoms with Crippen LogP contribution in [0.2, 0.25) is 0 Å². The quantitative estimate of drug-likeness (QED) is 0.603. The van der Waals surface area contributed by atoms with Crippen molar-refractivity contribution in [2.45, 2.75) is 19.9 Å². The lowest BCUT2D eigenvalue weighted by Crippen LogP contribution is -2.08. The molecule has 10 heavy (non-hydrogen) atoms. The van der Waals surface area contributed by atoms with Gasteiger partial charge in [-0.1, -0.05) is 6.92 Å². The molecule has 1 rings (SSSR count). The van der Waals surface area contributed by atoms with Gasteiger partial charge in [0.05, 0.1) is 0 Å². The predicted octanol–water partition coefficient (Wildman–Crippen LogP) is 0.257. The summed E-state index contributed by atoms with van der Waals surface area (Å²) in [5, 5.41) is 3.79. The molecular weight excluding hydrogens is 130 g/mol. The van der Waals surface area contributed by atoms with Crippen molar-refractivity contribution < 1.29 is 4.79 Å². The van der Waals surface area contributed by atoms with E-state index in [0.717, 1.165) is 0 Å². The number of rotatable bonds is 3. The van der Waals surface area contributed by atoms with Gasteiger partial charge in [-0.25, -0.2) is 9.67 Å². The fraction of sp³-hybridized carbons (Fsp3) is 0.500. The van der Waals surface area contributed by atoms with Gasteiger partial charge in [-0.15, -0.1) is 0 Å². The van der Waals surface area contributed by atoms with Crippen molar-refractivity contribution in [3.63, 3.8) is 0 Å². The lowest BCUT2D eigenvalue weighted by molar-refractivity contribution is -0.119. The molecule has 54 valence electrons. The summed E-state index contributed by atoms with van der Waals surface area (Å²) in [5.74, 6) is 0.172. The molecule has 0 fully saturated rings.